The van der Waals surface area contributed by atoms with Crippen LogP contribution in [-0.4, -0.2) is 18.8 Å². The van der Waals surface area contributed by atoms with Gasteiger partial charge < -0.3 is 10.1 Å². The smallest absolute Gasteiger partial charge is 0.392 e. The van der Waals surface area contributed by atoms with Crippen LogP contribution < -0.4 is 10.1 Å². The molecule has 0 bridgehead atoms. The second-order valence-electron chi connectivity index (χ2n) is 4.54. The van der Waals surface area contributed by atoms with Crippen molar-refractivity contribution in [3.05, 3.63) is 29.6 Å². The van der Waals surface area contributed by atoms with Crippen LogP contribution in [0.2, 0.25) is 0 Å². The highest BCUT2D eigenvalue weighted by atomic mass is 19.4. The summed E-state index contributed by atoms with van der Waals surface area (Å²) in [5.74, 6) is -0.408. The molecule has 0 radical (unpaired) electrons. The first kappa shape index (κ1) is 15.8. The van der Waals surface area contributed by atoms with Crippen molar-refractivity contribution in [1.82, 2.24) is 5.32 Å². The minimum Gasteiger partial charge on any atom is -0.493 e. The first-order chi connectivity index (χ1) is 8.76. The summed E-state index contributed by atoms with van der Waals surface area (Å²) in [6, 6.07) is 4.17. The number of benzene rings is 1. The van der Waals surface area contributed by atoms with Crippen LogP contribution in [0.5, 0.6) is 5.75 Å². The van der Waals surface area contributed by atoms with Crippen molar-refractivity contribution < 1.29 is 22.3 Å². The Balaban J connectivity index is 2.58. The molecular formula is C13H17F4NO. The quantitative estimate of drug-likeness (QED) is 0.802. The van der Waals surface area contributed by atoms with Crippen LogP contribution in [-0.2, 0) is 6.54 Å². The zero-order valence-corrected chi connectivity index (χ0v) is 10.9. The van der Waals surface area contributed by atoms with E-state index in [9.17, 15) is 17.6 Å². The molecule has 0 fully saturated rings. The predicted octanol–water partition coefficient (Wildman–Crippen LogP) is 3.65. The first-order valence-electron chi connectivity index (χ1n) is 5.98. The van der Waals surface area contributed by atoms with Crippen molar-refractivity contribution in [2.45, 2.75) is 39.0 Å². The van der Waals surface area contributed by atoms with Crippen LogP contribution in [0.4, 0.5) is 17.6 Å². The van der Waals surface area contributed by atoms with Crippen molar-refractivity contribution in [2.75, 3.05) is 6.61 Å². The molecule has 0 aromatic heterocycles. The average molecular weight is 279 g/mol. The van der Waals surface area contributed by atoms with E-state index in [1.807, 2.05) is 13.8 Å². The van der Waals surface area contributed by atoms with E-state index in [1.165, 1.54) is 12.1 Å². The van der Waals surface area contributed by atoms with Crippen LogP contribution in [0.3, 0.4) is 0 Å². The van der Waals surface area contributed by atoms with Gasteiger partial charge in [0.05, 0.1) is 13.0 Å². The summed E-state index contributed by atoms with van der Waals surface area (Å²) < 4.78 is 54.1. The van der Waals surface area contributed by atoms with Gasteiger partial charge in [-0.1, -0.05) is 13.8 Å². The van der Waals surface area contributed by atoms with Gasteiger partial charge in [0.1, 0.15) is 11.6 Å². The average Bonchev–Trinajstić information content (AvgIpc) is 2.24. The molecule has 0 atom stereocenters. The molecule has 1 N–H and O–H groups in total. The minimum atomic E-state index is -4.27. The third-order valence-electron chi connectivity index (χ3n) is 2.30. The third kappa shape index (κ3) is 7.00. The van der Waals surface area contributed by atoms with Gasteiger partial charge >= 0.3 is 6.18 Å². The largest absolute Gasteiger partial charge is 0.493 e. The molecule has 108 valence electrons. The van der Waals surface area contributed by atoms with E-state index >= 15 is 0 Å². The molecule has 0 unspecified atom stereocenters. The SMILES string of the molecule is CC(C)NCc1cc(F)cc(OCCC(F)(F)F)c1. The van der Waals surface area contributed by atoms with E-state index < -0.39 is 25.0 Å². The zero-order chi connectivity index (χ0) is 14.5. The summed E-state index contributed by atoms with van der Waals surface area (Å²) in [5.41, 5.74) is 0.635. The van der Waals surface area contributed by atoms with Gasteiger partial charge in [-0.25, -0.2) is 4.39 Å². The van der Waals surface area contributed by atoms with Crippen LogP contribution >= 0.6 is 0 Å². The third-order valence-corrected chi connectivity index (χ3v) is 2.30. The van der Waals surface area contributed by atoms with Crippen LogP contribution in [0.15, 0.2) is 18.2 Å². The molecule has 0 spiro atoms. The van der Waals surface area contributed by atoms with Gasteiger partial charge in [-0.3, -0.25) is 0 Å². The zero-order valence-electron chi connectivity index (χ0n) is 10.9. The van der Waals surface area contributed by atoms with Crippen LogP contribution in [0, 0.1) is 5.82 Å². The monoisotopic (exact) mass is 279 g/mol. The summed E-state index contributed by atoms with van der Waals surface area (Å²) in [7, 11) is 0. The normalized spacial score (nSPS) is 11.9. The molecule has 2 nitrogen and oxygen atoms in total. The number of hydrogen-bond acceptors (Lipinski definition) is 2. The molecule has 1 aromatic carbocycles. The maximum atomic E-state index is 13.3. The Labute approximate surface area is 109 Å². The molecule has 0 saturated carbocycles. The van der Waals surface area contributed by atoms with Crippen molar-refractivity contribution in [1.29, 1.82) is 0 Å². The fourth-order valence-electron chi connectivity index (χ4n) is 1.41. The fourth-order valence-corrected chi connectivity index (χ4v) is 1.41. The fraction of sp³-hybridized carbons (Fsp3) is 0.538. The first-order valence-corrected chi connectivity index (χ1v) is 5.98. The number of nitrogens with one attached hydrogen (secondary N) is 1. The van der Waals surface area contributed by atoms with E-state index in [2.05, 4.69) is 5.32 Å². The standard InChI is InChI=1S/C13H17F4NO/c1-9(2)18-8-10-5-11(14)7-12(6-10)19-4-3-13(15,16)17/h5-7,9,18H,3-4,8H2,1-2H3. The Morgan fingerprint density at radius 2 is 1.89 bits per heavy atom. The summed E-state index contributed by atoms with van der Waals surface area (Å²) in [4.78, 5) is 0. The lowest BCUT2D eigenvalue weighted by Gasteiger charge is -2.12. The highest BCUT2D eigenvalue weighted by Crippen LogP contribution is 2.21. The van der Waals surface area contributed by atoms with Gasteiger partial charge in [0.2, 0.25) is 0 Å². The van der Waals surface area contributed by atoms with Gasteiger partial charge in [0.25, 0.3) is 0 Å². The van der Waals surface area contributed by atoms with E-state index in [0.29, 0.717) is 12.1 Å². The van der Waals surface area contributed by atoms with Gasteiger partial charge in [-0.15, -0.1) is 0 Å². The predicted molar refractivity (Wildman–Crippen MR) is 64.5 cm³/mol. The lowest BCUT2D eigenvalue weighted by molar-refractivity contribution is -0.139. The van der Waals surface area contributed by atoms with Crippen molar-refractivity contribution in [3.8, 4) is 5.75 Å². The van der Waals surface area contributed by atoms with Crippen LogP contribution in [0.25, 0.3) is 0 Å². The maximum Gasteiger partial charge on any atom is 0.392 e. The van der Waals surface area contributed by atoms with Gasteiger partial charge in [-0.2, -0.15) is 13.2 Å². The van der Waals surface area contributed by atoms with Crippen molar-refractivity contribution in [2.24, 2.45) is 0 Å². The van der Waals surface area contributed by atoms with Crippen molar-refractivity contribution >= 4 is 0 Å². The van der Waals surface area contributed by atoms with Crippen LogP contribution in [0.1, 0.15) is 25.8 Å². The number of halogens is 4. The molecule has 0 heterocycles. The Kier molecular flexibility index (Phi) is 5.60. The van der Waals surface area contributed by atoms with Gasteiger partial charge in [0.15, 0.2) is 0 Å². The highest BCUT2D eigenvalue weighted by Gasteiger charge is 2.26. The second-order valence-corrected chi connectivity index (χ2v) is 4.54. The van der Waals surface area contributed by atoms with Crippen molar-refractivity contribution in [3.63, 3.8) is 0 Å². The molecule has 1 rings (SSSR count). The molecule has 0 aliphatic rings. The molecule has 0 saturated heterocycles. The number of ether oxygens (including phenoxy) is 1. The topological polar surface area (TPSA) is 21.3 Å². The lowest BCUT2D eigenvalue weighted by Crippen LogP contribution is -2.21. The summed E-state index contributed by atoms with van der Waals surface area (Å²) in [6.07, 6.45) is -5.32. The molecule has 0 aliphatic carbocycles. The molecular weight excluding hydrogens is 262 g/mol. The van der Waals surface area contributed by atoms with Gasteiger partial charge in [-0.05, 0) is 17.7 Å². The Morgan fingerprint density at radius 3 is 2.47 bits per heavy atom. The number of alkyl halides is 3. The Bertz CT molecular complexity index is 404. The van der Waals surface area contributed by atoms with Gasteiger partial charge in [0, 0.05) is 18.7 Å². The molecule has 6 heteroatoms. The maximum absolute atomic E-state index is 13.3. The van der Waals surface area contributed by atoms with E-state index in [4.69, 9.17) is 4.74 Å². The van der Waals surface area contributed by atoms with E-state index in [0.717, 1.165) is 6.07 Å². The number of rotatable bonds is 6. The van der Waals surface area contributed by atoms with E-state index in [-0.39, 0.29) is 11.8 Å². The Hall–Kier alpha value is -1.30. The minimum absolute atomic E-state index is 0.116. The van der Waals surface area contributed by atoms with E-state index in [1.54, 1.807) is 0 Å². The molecule has 0 aliphatic heterocycles. The molecule has 1 aromatic rings. The second kappa shape index (κ2) is 6.75. The summed E-state index contributed by atoms with van der Waals surface area (Å²) in [6.45, 7) is 3.81. The summed E-state index contributed by atoms with van der Waals surface area (Å²) in [5, 5.41) is 3.09. The Morgan fingerprint density at radius 1 is 1.21 bits per heavy atom. The molecule has 19 heavy (non-hydrogen) atoms. The number of hydrogen-bond donors (Lipinski definition) is 1. The summed E-state index contributed by atoms with van der Waals surface area (Å²) >= 11 is 0. The highest BCUT2D eigenvalue weighted by molar-refractivity contribution is 5.29. The molecule has 0 amide bonds. The lowest BCUT2D eigenvalue weighted by atomic mass is 10.2.